The topological polar surface area (TPSA) is 83.8 Å². The fourth-order valence-electron chi connectivity index (χ4n) is 3.01. The molecule has 2 atom stereocenters. The summed E-state index contributed by atoms with van der Waals surface area (Å²) in [7, 11) is 0. The van der Waals surface area contributed by atoms with E-state index in [1.165, 1.54) is 16.8 Å². The fourth-order valence-corrected chi connectivity index (χ4v) is 3.01. The maximum Gasteiger partial charge on any atom is 0.416 e. The minimum atomic E-state index is -4.41. The summed E-state index contributed by atoms with van der Waals surface area (Å²) in [6.07, 6.45) is -4.95. The van der Waals surface area contributed by atoms with Gasteiger partial charge in [-0.15, -0.1) is 0 Å². The number of nitrogens with zero attached hydrogens (tertiary/aromatic N) is 3. The highest BCUT2D eigenvalue weighted by Gasteiger charge is 2.30. The van der Waals surface area contributed by atoms with Crippen molar-refractivity contribution in [3.63, 3.8) is 0 Å². The first-order chi connectivity index (χ1) is 12.6. The molecule has 3 rings (SSSR count). The molecule has 0 bridgehead atoms. The second kappa shape index (κ2) is 6.80. The highest BCUT2D eigenvalue weighted by molar-refractivity contribution is 5.77. The number of hydrogen-bond donors (Lipinski definition) is 2. The molecule has 0 aliphatic rings. The lowest BCUT2D eigenvalue weighted by Gasteiger charge is -2.15. The molecule has 0 fully saturated rings. The predicted octanol–water partition coefficient (Wildman–Crippen LogP) is 2.98. The van der Waals surface area contributed by atoms with Gasteiger partial charge in [0.2, 0.25) is 0 Å². The van der Waals surface area contributed by atoms with Gasteiger partial charge in [-0.25, -0.2) is 9.67 Å². The molecular weight excluding hydrogens is 361 g/mol. The maximum absolute atomic E-state index is 12.8. The van der Waals surface area contributed by atoms with Crippen molar-refractivity contribution in [3.8, 4) is 0 Å². The summed E-state index contributed by atoms with van der Waals surface area (Å²) in [5, 5.41) is 14.4. The number of fused-ring (bicyclic) bond motifs is 1. The molecular formula is C18H19F3N4O2. The first-order valence-corrected chi connectivity index (χ1v) is 8.41. The molecule has 3 aromatic rings. The van der Waals surface area contributed by atoms with E-state index in [0.29, 0.717) is 22.7 Å². The highest BCUT2D eigenvalue weighted by atomic mass is 19.4. The highest BCUT2D eigenvalue weighted by Crippen LogP contribution is 2.31. The van der Waals surface area contributed by atoms with Gasteiger partial charge >= 0.3 is 6.18 Å². The van der Waals surface area contributed by atoms with E-state index < -0.39 is 23.9 Å². The molecule has 2 heterocycles. The van der Waals surface area contributed by atoms with Crippen molar-refractivity contribution in [1.82, 2.24) is 19.7 Å². The van der Waals surface area contributed by atoms with Crippen LogP contribution in [-0.2, 0) is 12.6 Å². The van der Waals surface area contributed by atoms with Gasteiger partial charge in [0.1, 0.15) is 11.2 Å². The van der Waals surface area contributed by atoms with E-state index in [9.17, 15) is 23.1 Å². The molecule has 2 aromatic heterocycles. The third kappa shape index (κ3) is 3.73. The number of aromatic nitrogens is 4. The van der Waals surface area contributed by atoms with Crippen molar-refractivity contribution in [2.45, 2.75) is 45.5 Å². The lowest BCUT2D eigenvalue weighted by atomic mass is 10.1. The number of aliphatic hydroxyl groups excluding tert-OH is 1. The average molecular weight is 380 g/mol. The van der Waals surface area contributed by atoms with Gasteiger partial charge in [0, 0.05) is 6.42 Å². The smallest absolute Gasteiger partial charge is 0.393 e. The van der Waals surface area contributed by atoms with Gasteiger partial charge in [0.05, 0.1) is 23.4 Å². The van der Waals surface area contributed by atoms with Gasteiger partial charge in [-0.1, -0.05) is 12.1 Å². The molecule has 0 aliphatic heterocycles. The Kier molecular flexibility index (Phi) is 4.81. The standard InChI is InChI=1S/C18H19F3N4O2/c1-9(26)8-14-15-16(22-11(3)23-17(15)27)25(24-14)10(2)12-4-6-13(7-5-12)18(19,20)21/h4-7,9-10,26H,8H2,1-3H3,(H,22,23,27)/t9-,10+/m0/s1. The van der Waals surface area contributed by atoms with Crippen LogP contribution in [0.25, 0.3) is 11.0 Å². The molecule has 0 spiro atoms. The third-order valence-electron chi connectivity index (χ3n) is 4.33. The zero-order valence-electron chi connectivity index (χ0n) is 15.0. The number of alkyl halides is 3. The first kappa shape index (κ1) is 19.1. The minimum Gasteiger partial charge on any atom is -0.393 e. The van der Waals surface area contributed by atoms with Gasteiger partial charge < -0.3 is 10.1 Å². The van der Waals surface area contributed by atoms with Crippen molar-refractivity contribution in [2.75, 3.05) is 0 Å². The van der Waals surface area contributed by atoms with E-state index in [1.807, 2.05) is 0 Å². The van der Waals surface area contributed by atoms with Crippen LogP contribution >= 0.6 is 0 Å². The summed E-state index contributed by atoms with van der Waals surface area (Å²) in [5.74, 6) is 0.400. The molecule has 0 aliphatic carbocycles. The summed E-state index contributed by atoms with van der Waals surface area (Å²) in [4.78, 5) is 19.3. The Morgan fingerprint density at radius 1 is 1.22 bits per heavy atom. The van der Waals surface area contributed by atoms with Crippen LogP contribution in [0.1, 0.15) is 42.5 Å². The summed E-state index contributed by atoms with van der Waals surface area (Å²) in [6, 6.07) is 4.34. The number of halogens is 3. The molecule has 0 radical (unpaired) electrons. The molecule has 0 saturated carbocycles. The first-order valence-electron chi connectivity index (χ1n) is 8.41. The number of hydrogen-bond acceptors (Lipinski definition) is 4. The molecule has 2 N–H and O–H groups in total. The number of aromatic amines is 1. The van der Waals surface area contributed by atoms with Crippen LogP contribution in [0.3, 0.4) is 0 Å². The third-order valence-corrected chi connectivity index (χ3v) is 4.33. The van der Waals surface area contributed by atoms with Crippen molar-refractivity contribution in [2.24, 2.45) is 0 Å². The molecule has 0 amide bonds. The lowest BCUT2D eigenvalue weighted by Crippen LogP contribution is -2.14. The van der Waals surface area contributed by atoms with Gasteiger partial charge in [-0.2, -0.15) is 18.3 Å². The number of aliphatic hydroxyl groups is 1. The second-order valence-corrected chi connectivity index (χ2v) is 6.59. The van der Waals surface area contributed by atoms with Crippen LogP contribution in [0, 0.1) is 6.92 Å². The van der Waals surface area contributed by atoms with E-state index >= 15 is 0 Å². The Balaban J connectivity index is 2.11. The van der Waals surface area contributed by atoms with Crippen molar-refractivity contribution < 1.29 is 18.3 Å². The number of aryl methyl sites for hydroxylation is 1. The Labute approximate surface area is 152 Å². The number of benzene rings is 1. The molecule has 0 unspecified atom stereocenters. The quantitative estimate of drug-likeness (QED) is 0.729. The SMILES string of the molecule is Cc1nc2c(c(C[C@H](C)O)nn2[C@H](C)c2ccc(C(F)(F)F)cc2)c(=O)[nH]1. The monoisotopic (exact) mass is 380 g/mol. The van der Waals surface area contributed by atoms with Crippen molar-refractivity contribution in [1.29, 1.82) is 0 Å². The Morgan fingerprint density at radius 2 is 1.85 bits per heavy atom. The van der Waals surface area contributed by atoms with E-state index in [2.05, 4.69) is 15.1 Å². The largest absolute Gasteiger partial charge is 0.416 e. The Morgan fingerprint density at radius 3 is 2.41 bits per heavy atom. The van der Waals surface area contributed by atoms with Crippen LogP contribution in [0.2, 0.25) is 0 Å². The van der Waals surface area contributed by atoms with E-state index in [1.54, 1.807) is 20.8 Å². The lowest BCUT2D eigenvalue weighted by molar-refractivity contribution is -0.137. The zero-order chi connectivity index (χ0) is 19.9. The maximum atomic E-state index is 12.8. The number of H-pyrrole nitrogens is 1. The summed E-state index contributed by atoms with van der Waals surface area (Å²) < 4.78 is 39.8. The van der Waals surface area contributed by atoms with Gasteiger partial charge in [-0.3, -0.25) is 4.79 Å². The van der Waals surface area contributed by atoms with Crippen molar-refractivity contribution in [3.05, 3.63) is 57.3 Å². The Bertz CT molecular complexity index is 1020. The van der Waals surface area contributed by atoms with Crippen LogP contribution in [0.15, 0.2) is 29.1 Å². The average Bonchev–Trinajstić information content (AvgIpc) is 2.91. The van der Waals surface area contributed by atoms with Crippen molar-refractivity contribution >= 4 is 11.0 Å². The number of nitrogens with one attached hydrogen (secondary N) is 1. The molecule has 9 heteroatoms. The van der Waals surface area contributed by atoms with E-state index in [4.69, 9.17) is 0 Å². The van der Waals surface area contributed by atoms with Gasteiger partial charge in [-0.05, 0) is 38.5 Å². The summed E-state index contributed by atoms with van der Waals surface area (Å²) >= 11 is 0. The molecule has 0 saturated heterocycles. The normalized spacial score (nSPS) is 14.5. The number of rotatable bonds is 4. The van der Waals surface area contributed by atoms with Crippen LogP contribution in [-0.4, -0.2) is 31.0 Å². The fraction of sp³-hybridized carbons (Fsp3) is 0.389. The molecule has 144 valence electrons. The second-order valence-electron chi connectivity index (χ2n) is 6.59. The van der Waals surface area contributed by atoms with Gasteiger partial charge in [0.25, 0.3) is 5.56 Å². The minimum absolute atomic E-state index is 0.164. The molecule has 1 aromatic carbocycles. The zero-order valence-corrected chi connectivity index (χ0v) is 15.0. The van der Waals surface area contributed by atoms with E-state index in [-0.39, 0.29) is 17.4 Å². The van der Waals surface area contributed by atoms with Gasteiger partial charge in [0.15, 0.2) is 5.65 Å². The Hall–Kier alpha value is -2.68. The van der Waals surface area contributed by atoms with Crippen LogP contribution < -0.4 is 5.56 Å². The summed E-state index contributed by atoms with van der Waals surface area (Å²) in [5.41, 5.74) is 0.227. The predicted molar refractivity (Wildman–Crippen MR) is 93.5 cm³/mol. The van der Waals surface area contributed by atoms with Crippen LogP contribution in [0.4, 0.5) is 13.2 Å². The molecule has 27 heavy (non-hydrogen) atoms. The summed E-state index contributed by atoms with van der Waals surface area (Å²) in [6.45, 7) is 4.98. The molecule has 6 nitrogen and oxygen atoms in total. The van der Waals surface area contributed by atoms with Crippen LogP contribution in [0.5, 0.6) is 0 Å². The van der Waals surface area contributed by atoms with E-state index in [0.717, 1.165) is 12.1 Å².